The van der Waals surface area contributed by atoms with Gasteiger partial charge in [-0.05, 0) is 145 Å². The molecule has 0 aliphatic heterocycles. The van der Waals surface area contributed by atoms with Crippen LogP contribution in [0.2, 0.25) is 24.8 Å². The summed E-state index contributed by atoms with van der Waals surface area (Å²) >= 11 is 6.40. The van der Waals surface area contributed by atoms with E-state index >= 15 is 0 Å². The molecule has 6 N–H and O–H groups in total. The molecule has 0 radical (unpaired) electrons. The lowest BCUT2D eigenvalue weighted by Gasteiger charge is -2.17. The van der Waals surface area contributed by atoms with E-state index in [4.69, 9.17) is 41.3 Å². The molecule has 10 rings (SSSR count). The number of fused-ring (bicyclic) bond motifs is 3. The number of pyridine rings is 3. The average molecular weight is 1040 g/mol. The molecule has 0 aliphatic carbocycles. The van der Waals surface area contributed by atoms with Gasteiger partial charge in [-0.15, -0.1) is 6.58 Å². The summed E-state index contributed by atoms with van der Waals surface area (Å²) in [6, 6.07) is 42.5. The highest BCUT2D eigenvalue weighted by atomic mass is 35.5. The number of H-pyrrole nitrogens is 3. The van der Waals surface area contributed by atoms with E-state index in [2.05, 4.69) is 122 Å². The molecule has 15 heteroatoms. The van der Waals surface area contributed by atoms with Gasteiger partial charge in [-0.3, -0.25) is 4.99 Å². The van der Waals surface area contributed by atoms with Crippen LogP contribution in [0.3, 0.4) is 0 Å². The Morgan fingerprint density at radius 1 is 0.693 bits per heavy atom. The zero-order valence-electron chi connectivity index (χ0n) is 43.8. The summed E-state index contributed by atoms with van der Waals surface area (Å²) in [6.07, 6.45) is 9.52. The highest BCUT2D eigenvalue weighted by Gasteiger charge is 2.27. The fourth-order valence-electron chi connectivity index (χ4n) is 8.79. The normalized spacial score (nSPS) is 11.5. The van der Waals surface area contributed by atoms with E-state index in [-0.39, 0.29) is 0 Å². The minimum absolute atomic E-state index is 0.538. The maximum Gasteiger partial charge on any atom is 0.139 e. The number of nitrogens with one attached hydrogen (secondary N) is 4. The van der Waals surface area contributed by atoms with Crippen molar-refractivity contribution in [1.82, 2.24) is 29.5 Å². The van der Waals surface area contributed by atoms with Gasteiger partial charge in [0.05, 0.1) is 53.9 Å². The lowest BCUT2D eigenvalue weighted by atomic mass is 10.1. The number of nitrogens with two attached hydrogens (primary N) is 1. The molecule has 0 spiro atoms. The largest absolute Gasteiger partial charge is 0.497 e. The summed E-state index contributed by atoms with van der Waals surface area (Å²) in [4.78, 5) is 24.1. The lowest BCUT2D eigenvalue weighted by Crippen LogP contribution is -2.39. The highest BCUT2D eigenvalue weighted by molar-refractivity contribution is 6.89. The third-order valence-electron chi connectivity index (χ3n) is 12.8. The summed E-state index contributed by atoms with van der Waals surface area (Å²) in [6.45, 7) is 13.6. The van der Waals surface area contributed by atoms with Crippen molar-refractivity contribution in [3.05, 3.63) is 175 Å². The quantitative estimate of drug-likeness (QED) is 0.0260. The molecule has 6 aromatic heterocycles. The van der Waals surface area contributed by atoms with Gasteiger partial charge in [-0.1, -0.05) is 61.6 Å². The van der Waals surface area contributed by atoms with Crippen molar-refractivity contribution in [3.63, 3.8) is 0 Å². The molecule has 75 heavy (non-hydrogen) atoms. The second kappa shape index (κ2) is 24.8. The van der Waals surface area contributed by atoms with Gasteiger partial charge >= 0.3 is 0 Å². The Balaban J connectivity index is 0.000000154. The Hall–Kier alpha value is -8.04. The van der Waals surface area contributed by atoms with Gasteiger partial charge in [0.2, 0.25) is 0 Å². The Bertz CT molecular complexity index is 3560. The Labute approximate surface area is 444 Å². The number of benzene rings is 4. The molecule has 0 bridgehead atoms. The Morgan fingerprint density at radius 2 is 1.32 bits per heavy atom. The third kappa shape index (κ3) is 12.8. The number of ether oxygens (including phenoxy) is 4. The number of methoxy groups -OCH3 is 4. The molecule has 0 saturated carbocycles. The van der Waals surface area contributed by atoms with Crippen LogP contribution in [-0.4, -0.2) is 79.1 Å². The number of unbranched alkanes of at least 4 members (excludes halogenated alkanes) is 1. The van der Waals surface area contributed by atoms with Crippen LogP contribution in [-0.2, 0) is 13.1 Å². The standard InChI is InChI=1S/C26H30N4O2.C17H19ClN2OSi.C17H17N3O/c1-31-21-9-5-19(6-10-21)18-28-24-13-16-30(15-4-3-14-27)26-23(24)17-25(29-26)20-7-11-22(32-2)12-8-20;1-21-12-7-5-6-11(10-12)14-15-13(8-9-19-16(15)18)20-17(14)22(2,3)4;1-3-9-18-15-8-10-19-17-14(15)11-16(20-17)12-4-6-13(21-2)7-5-12/h5-13,16-17,29H,3-4,14-15,18,27H2,1-2H3;5-10,20H,1-4H3;3-8,10-11H,1,9H2,2H3,(H2,18,19,20). The van der Waals surface area contributed by atoms with Crippen molar-refractivity contribution in [1.29, 1.82) is 0 Å². The number of hydrogen-bond acceptors (Lipinski definition) is 9. The first kappa shape index (κ1) is 53.3. The van der Waals surface area contributed by atoms with Crippen LogP contribution in [0.15, 0.2) is 164 Å². The monoisotopic (exact) mass is 1040 g/mol. The number of nitrogens with zero attached hydrogens (tertiary/aromatic N) is 4. The first-order valence-corrected chi connectivity index (χ1v) is 28.8. The number of hydrogen-bond donors (Lipinski definition) is 5. The average Bonchev–Trinajstić information content (AvgIpc) is 4.21. The second-order valence-corrected chi connectivity index (χ2v) is 24.2. The van der Waals surface area contributed by atoms with Crippen molar-refractivity contribution in [2.24, 2.45) is 10.7 Å². The van der Waals surface area contributed by atoms with E-state index in [0.29, 0.717) is 18.2 Å². The minimum atomic E-state index is -1.58. The number of halogens is 1. The van der Waals surface area contributed by atoms with Crippen LogP contribution in [0.1, 0.15) is 18.4 Å². The van der Waals surface area contributed by atoms with Crippen molar-refractivity contribution in [2.75, 3.05) is 46.8 Å². The minimum Gasteiger partial charge on any atom is -0.497 e. The molecule has 10 aromatic rings. The van der Waals surface area contributed by atoms with Crippen LogP contribution >= 0.6 is 11.6 Å². The molecule has 13 nitrogen and oxygen atoms in total. The number of anilines is 1. The Kier molecular flexibility index (Phi) is 17.6. The van der Waals surface area contributed by atoms with Gasteiger partial charge < -0.3 is 49.5 Å². The smallest absolute Gasteiger partial charge is 0.139 e. The molecule has 0 saturated heterocycles. The summed E-state index contributed by atoms with van der Waals surface area (Å²) in [5, 5.41) is 9.30. The maximum atomic E-state index is 6.40. The Morgan fingerprint density at radius 3 is 1.95 bits per heavy atom. The van der Waals surface area contributed by atoms with E-state index < -0.39 is 8.07 Å². The van der Waals surface area contributed by atoms with Crippen LogP contribution in [0.4, 0.5) is 5.69 Å². The van der Waals surface area contributed by atoms with Crippen LogP contribution in [0.25, 0.3) is 66.6 Å². The number of aromatic amines is 3. The zero-order chi connectivity index (χ0) is 52.9. The van der Waals surface area contributed by atoms with Gasteiger partial charge in [-0.2, -0.15) is 0 Å². The SMILES string of the molecule is C=CCNc1ccnc2[nH]c(-c3ccc(OC)cc3)cc12.COc1ccc(CN=c2ccn(CCCCN)c3[nH]c(-c4ccc(OC)cc4)cc23)cc1.COc1cccc(-c2c([Si](C)(C)C)[nH]c3ccnc(Cl)c23)c1. The molecule has 0 unspecified atom stereocenters. The van der Waals surface area contributed by atoms with Crippen molar-refractivity contribution >= 4 is 63.6 Å². The summed E-state index contributed by atoms with van der Waals surface area (Å²) in [5.41, 5.74) is 17.4. The summed E-state index contributed by atoms with van der Waals surface area (Å²) in [7, 11) is 5.13. The fourth-order valence-corrected chi connectivity index (χ4v) is 10.6. The van der Waals surface area contributed by atoms with Gasteiger partial charge in [0.1, 0.15) is 39.4 Å². The molecule has 0 amide bonds. The van der Waals surface area contributed by atoms with Crippen LogP contribution in [0.5, 0.6) is 23.0 Å². The number of rotatable bonds is 17. The van der Waals surface area contributed by atoms with Gasteiger partial charge in [0.15, 0.2) is 0 Å². The fraction of sp³-hybridized carbons (Fsp3) is 0.217. The van der Waals surface area contributed by atoms with Crippen molar-refractivity contribution in [2.45, 2.75) is 45.6 Å². The molecule has 0 aliphatic rings. The first-order chi connectivity index (χ1) is 36.4. The lowest BCUT2D eigenvalue weighted by molar-refractivity contribution is 0.414. The van der Waals surface area contributed by atoms with E-state index in [1.165, 1.54) is 5.32 Å². The maximum absolute atomic E-state index is 6.40. The predicted octanol–water partition coefficient (Wildman–Crippen LogP) is 12.8. The highest BCUT2D eigenvalue weighted by Crippen LogP contribution is 2.35. The van der Waals surface area contributed by atoms with Crippen LogP contribution < -0.4 is 40.7 Å². The van der Waals surface area contributed by atoms with Gasteiger partial charge in [0, 0.05) is 75.8 Å². The molecule has 386 valence electrons. The molecule has 0 fully saturated rings. The van der Waals surface area contributed by atoms with Crippen molar-refractivity contribution < 1.29 is 18.9 Å². The van der Waals surface area contributed by atoms with Gasteiger partial charge in [0.25, 0.3) is 0 Å². The van der Waals surface area contributed by atoms with Crippen molar-refractivity contribution in [3.8, 4) is 56.6 Å². The molecular weight excluding hydrogens is 974 g/mol. The summed E-state index contributed by atoms with van der Waals surface area (Å²) in [5.74, 6) is 3.38. The van der Waals surface area contributed by atoms with Gasteiger partial charge in [-0.25, -0.2) is 9.97 Å². The predicted molar refractivity (Wildman–Crippen MR) is 312 cm³/mol. The second-order valence-electron chi connectivity index (χ2n) is 18.8. The molecular formula is C60H66ClN9O4Si. The summed E-state index contributed by atoms with van der Waals surface area (Å²) < 4.78 is 23.4. The van der Waals surface area contributed by atoms with E-state index in [9.17, 15) is 0 Å². The van der Waals surface area contributed by atoms with Crippen LogP contribution in [0, 0.1) is 0 Å². The topological polar surface area (TPSA) is 165 Å². The molecule has 0 atom stereocenters. The third-order valence-corrected chi connectivity index (χ3v) is 14.9. The zero-order valence-corrected chi connectivity index (χ0v) is 45.5. The molecule has 4 aromatic carbocycles. The number of aryl methyl sites for hydroxylation is 1. The molecule has 6 heterocycles. The number of aromatic nitrogens is 6. The van der Waals surface area contributed by atoms with E-state index in [1.54, 1.807) is 40.8 Å². The first-order valence-electron chi connectivity index (χ1n) is 24.9. The van der Waals surface area contributed by atoms with E-state index in [0.717, 1.165) is 132 Å². The van der Waals surface area contributed by atoms with E-state index in [1.807, 2.05) is 78.9 Å².